The number of carbonyl (C=O) groups is 2. The topological polar surface area (TPSA) is 67.4 Å². The Labute approximate surface area is 159 Å². The van der Waals surface area contributed by atoms with Gasteiger partial charge in [-0.15, -0.1) is 12.4 Å². The molecule has 0 saturated carbocycles. The van der Waals surface area contributed by atoms with Crippen LogP contribution in [0.4, 0.5) is 0 Å². The van der Waals surface area contributed by atoms with E-state index in [2.05, 4.69) is 10.6 Å². The van der Waals surface area contributed by atoms with Crippen molar-refractivity contribution < 1.29 is 14.3 Å². The van der Waals surface area contributed by atoms with Crippen molar-refractivity contribution in [2.24, 2.45) is 0 Å². The van der Waals surface area contributed by atoms with Gasteiger partial charge in [0.2, 0.25) is 0 Å². The largest absolute Gasteiger partial charge is 0.484 e. The van der Waals surface area contributed by atoms with Gasteiger partial charge in [-0.05, 0) is 43.7 Å². The fourth-order valence-corrected chi connectivity index (χ4v) is 2.83. The fourth-order valence-electron chi connectivity index (χ4n) is 2.83. The molecule has 1 heterocycles. The highest BCUT2D eigenvalue weighted by molar-refractivity contribution is 6.08. The molecular weight excluding hydrogens is 352 g/mol. The number of amides is 1. The van der Waals surface area contributed by atoms with Gasteiger partial charge in [-0.2, -0.15) is 0 Å². The van der Waals surface area contributed by atoms with Crippen molar-refractivity contribution in [3.05, 3.63) is 65.7 Å². The number of halogens is 1. The standard InChI is InChI=1S/C20H22N2O3.ClH/c23-19(22-13-17-7-4-12-21-17)14-25-18-10-8-16(9-11-18)20(24)15-5-2-1-3-6-15;/h1-3,5-6,8-11,17,21H,4,7,12-14H2,(H,22,23);1H. The molecule has 1 atom stereocenters. The zero-order valence-corrected chi connectivity index (χ0v) is 15.3. The van der Waals surface area contributed by atoms with Crippen LogP contribution in [-0.4, -0.2) is 37.4 Å². The molecule has 0 radical (unpaired) electrons. The van der Waals surface area contributed by atoms with Crippen LogP contribution in [-0.2, 0) is 4.79 Å². The van der Waals surface area contributed by atoms with Gasteiger partial charge >= 0.3 is 0 Å². The smallest absolute Gasteiger partial charge is 0.257 e. The number of carbonyl (C=O) groups excluding carboxylic acids is 2. The Morgan fingerprint density at radius 1 is 1.04 bits per heavy atom. The lowest BCUT2D eigenvalue weighted by Gasteiger charge is -2.12. The molecule has 3 rings (SSSR count). The second kappa shape index (κ2) is 9.94. The molecule has 2 aromatic rings. The zero-order valence-electron chi connectivity index (χ0n) is 14.4. The van der Waals surface area contributed by atoms with E-state index in [1.54, 1.807) is 36.4 Å². The molecule has 6 heteroatoms. The van der Waals surface area contributed by atoms with Crippen molar-refractivity contribution >= 4 is 24.1 Å². The van der Waals surface area contributed by atoms with Crippen LogP contribution in [0.5, 0.6) is 5.75 Å². The van der Waals surface area contributed by atoms with Crippen LogP contribution in [0.15, 0.2) is 54.6 Å². The molecule has 5 nitrogen and oxygen atoms in total. The SMILES string of the molecule is Cl.O=C(COc1ccc(C(=O)c2ccccc2)cc1)NCC1CCCN1. The van der Waals surface area contributed by atoms with Gasteiger partial charge < -0.3 is 15.4 Å². The van der Waals surface area contributed by atoms with Gasteiger partial charge in [0.05, 0.1) is 0 Å². The van der Waals surface area contributed by atoms with E-state index in [0.717, 1.165) is 19.4 Å². The maximum absolute atomic E-state index is 12.3. The first kappa shape index (κ1) is 19.9. The summed E-state index contributed by atoms with van der Waals surface area (Å²) in [6, 6.07) is 16.3. The third-order valence-corrected chi connectivity index (χ3v) is 4.23. The Bertz CT molecular complexity index is 714. The summed E-state index contributed by atoms with van der Waals surface area (Å²) in [5.74, 6) is 0.394. The van der Waals surface area contributed by atoms with Crippen LogP contribution in [0.3, 0.4) is 0 Å². The van der Waals surface area contributed by atoms with Crippen LogP contribution < -0.4 is 15.4 Å². The molecule has 0 aromatic heterocycles. The minimum Gasteiger partial charge on any atom is -0.484 e. The highest BCUT2D eigenvalue weighted by Gasteiger charge is 2.15. The van der Waals surface area contributed by atoms with E-state index in [-0.39, 0.29) is 30.7 Å². The van der Waals surface area contributed by atoms with Crippen molar-refractivity contribution in [1.29, 1.82) is 0 Å². The number of nitrogens with one attached hydrogen (secondary N) is 2. The fraction of sp³-hybridized carbons (Fsp3) is 0.300. The highest BCUT2D eigenvalue weighted by atomic mass is 35.5. The average molecular weight is 375 g/mol. The van der Waals surface area contributed by atoms with Gasteiger partial charge in [0.1, 0.15) is 5.75 Å². The molecule has 1 aliphatic rings. The second-order valence-electron chi connectivity index (χ2n) is 6.11. The van der Waals surface area contributed by atoms with Gasteiger partial charge in [-0.1, -0.05) is 30.3 Å². The van der Waals surface area contributed by atoms with E-state index in [1.165, 1.54) is 0 Å². The lowest BCUT2D eigenvalue weighted by molar-refractivity contribution is -0.123. The van der Waals surface area contributed by atoms with Crippen LogP contribution >= 0.6 is 12.4 Å². The summed E-state index contributed by atoms with van der Waals surface area (Å²) in [5.41, 5.74) is 1.24. The Morgan fingerprint density at radius 3 is 2.38 bits per heavy atom. The summed E-state index contributed by atoms with van der Waals surface area (Å²) in [7, 11) is 0. The maximum atomic E-state index is 12.3. The van der Waals surface area contributed by atoms with E-state index >= 15 is 0 Å². The monoisotopic (exact) mass is 374 g/mol. The highest BCUT2D eigenvalue weighted by Crippen LogP contribution is 2.15. The van der Waals surface area contributed by atoms with E-state index in [0.29, 0.717) is 29.5 Å². The van der Waals surface area contributed by atoms with E-state index in [1.807, 2.05) is 18.2 Å². The predicted molar refractivity (Wildman–Crippen MR) is 103 cm³/mol. The number of ketones is 1. The molecule has 1 saturated heterocycles. The summed E-state index contributed by atoms with van der Waals surface area (Å²) >= 11 is 0. The van der Waals surface area contributed by atoms with E-state index < -0.39 is 0 Å². The molecule has 26 heavy (non-hydrogen) atoms. The van der Waals surface area contributed by atoms with Crippen LogP contribution in [0.1, 0.15) is 28.8 Å². The van der Waals surface area contributed by atoms with E-state index in [4.69, 9.17) is 4.74 Å². The molecule has 1 unspecified atom stereocenters. The lowest BCUT2D eigenvalue weighted by atomic mass is 10.0. The summed E-state index contributed by atoms with van der Waals surface area (Å²) in [6.45, 7) is 1.62. The number of ether oxygens (including phenoxy) is 1. The van der Waals surface area contributed by atoms with Crippen molar-refractivity contribution in [3.63, 3.8) is 0 Å². The molecule has 0 bridgehead atoms. The Hall–Kier alpha value is -2.37. The zero-order chi connectivity index (χ0) is 17.5. The van der Waals surface area contributed by atoms with Crippen LogP contribution in [0, 0.1) is 0 Å². The molecule has 0 aliphatic carbocycles. The van der Waals surface area contributed by atoms with Gasteiger partial charge in [0.25, 0.3) is 5.91 Å². The average Bonchev–Trinajstić information content (AvgIpc) is 3.19. The van der Waals surface area contributed by atoms with Crippen molar-refractivity contribution in [3.8, 4) is 5.75 Å². The normalized spacial score (nSPS) is 15.8. The molecule has 1 amide bonds. The first-order valence-electron chi connectivity index (χ1n) is 8.55. The Balaban J connectivity index is 0.00000243. The first-order chi connectivity index (χ1) is 12.2. The minimum absolute atomic E-state index is 0. The molecule has 138 valence electrons. The number of hydrogen-bond acceptors (Lipinski definition) is 4. The van der Waals surface area contributed by atoms with Crippen LogP contribution in [0.2, 0.25) is 0 Å². The van der Waals surface area contributed by atoms with Gasteiger partial charge in [0.15, 0.2) is 12.4 Å². The molecule has 2 aromatic carbocycles. The van der Waals surface area contributed by atoms with Gasteiger partial charge in [0, 0.05) is 23.7 Å². The van der Waals surface area contributed by atoms with E-state index in [9.17, 15) is 9.59 Å². The first-order valence-corrected chi connectivity index (χ1v) is 8.55. The lowest BCUT2D eigenvalue weighted by Crippen LogP contribution is -2.39. The second-order valence-corrected chi connectivity index (χ2v) is 6.11. The summed E-state index contributed by atoms with van der Waals surface area (Å²) in [4.78, 5) is 24.1. The summed E-state index contributed by atoms with van der Waals surface area (Å²) in [6.07, 6.45) is 2.25. The third kappa shape index (κ3) is 5.58. The molecule has 2 N–H and O–H groups in total. The summed E-state index contributed by atoms with van der Waals surface area (Å²) < 4.78 is 5.48. The number of rotatable bonds is 7. The third-order valence-electron chi connectivity index (χ3n) is 4.23. The molecule has 0 spiro atoms. The number of benzene rings is 2. The van der Waals surface area contributed by atoms with Gasteiger partial charge in [-0.25, -0.2) is 0 Å². The molecule has 1 aliphatic heterocycles. The van der Waals surface area contributed by atoms with Gasteiger partial charge in [-0.3, -0.25) is 9.59 Å². The molecular formula is C20H23ClN2O3. The molecule has 1 fully saturated rings. The predicted octanol–water partition coefficient (Wildman–Crippen LogP) is 2.59. The number of hydrogen-bond donors (Lipinski definition) is 2. The van der Waals surface area contributed by atoms with Crippen molar-refractivity contribution in [2.45, 2.75) is 18.9 Å². The van der Waals surface area contributed by atoms with Crippen molar-refractivity contribution in [1.82, 2.24) is 10.6 Å². The minimum atomic E-state index is -0.141. The Kier molecular flexibility index (Phi) is 7.63. The summed E-state index contributed by atoms with van der Waals surface area (Å²) in [5, 5.41) is 6.19. The van der Waals surface area contributed by atoms with Crippen LogP contribution in [0.25, 0.3) is 0 Å². The Morgan fingerprint density at radius 2 is 1.73 bits per heavy atom. The quantitative estimate of drug-likeness (QED) is 0.731. The van der Waals surface area contributed by atoms with Crippen molar-refractivity contribution in [2.75, 3.05) is 19.7 Å². The maximum Gasteiger partial charge on any atom is 0.257 e.